The Bertz CT molecular complexity index is 993. The summed E-state index contributed by atoms with van der Waals surface area (Å²) < 4.78 is 10.4. The number of hydrogen-bond acceptors (Lipinski definition) is 7. The van der Waals surface area contributed by atoms with Crippen molar-refractivity contribution in [1.82, 2.24) is 0 Å². The van der Waals surface area contributed by atoms with Crippen LogP contribution in [0.25, 0.3) is 0 Å². The first kappa shape index (κ1) is 29.0. The van der Waals surface area contributed by atoms with Crippen LogP contribution in [0.4, 0.5) is 0 Å². The molecule has 2 aromatic rings. The van der Waals surface area contributed by atoms with E-state index < -0.39 is 11.9 Å². The van der Waals surface area contributed by atoms with Crippen molar-refractivity contribution < 1.29 is 34.4 Å². The summed E-state index contributed by atoms with van der Waals surface area (Å²) in [6.45, 7) is 8.69. The third kappa shape index (κ3) is 9.80. The van der Waals surface area contributed by atoms with Crippen LogP contribution in [0.2, 0.25) is 0 Å². The maximum atomic E-state index is 12.6. The van der Waals surface area contributed by atoms with Crippen LogP contribution in [0.15, 0.2) is 30.3 Å². The van der Waals surface area contributed by atoms with Crippen LogP contribution in [0.5, 0.6) is 28.7 Å². The summed E-state index contributed by atoms with van der Waals surface area (Å²) >= 11 is 0. The molecule has 7 nitrogen and oxygen atoms in total. The highest BCUT2D eigenvalue weighted by molar-refractivity contribution is 6.31. The number of esters is 2. The van der Waals surface area contributed by atoms with E-state index in [4.69, 9.17) is 9.47 Å². The van der Waals surface area contributed by atoms with E-state index in [-0.39, 0.29) is 28.7 Å². The number of hydrogen-bond donors (Lipinski definition) is 3. The molecule has 0 amide bonds. The van der Waals surface area contributed by atoms with Gasteiger partial charge < -0.3 is 24.8 Å². The number of aryl methyl sites for hydroxylation is 1. The Labute approximate surface area is 214 Å². The van der Waals surface area contributed by atoms with Gasteiger partial charge in [-0.05, 0) is 55.2 Å². The van der Waals surface area contributed by atoms with Gasteiger partial charge in [0.1, 0.15) is 28.7 Å². The van der Waals surface area contributed by atoms with Crippen LogP contribution >= 0.6 is 0 Å². The lowest BCUT2D eigenvalue weighted by atomic mass is 9.93. The fraction of sp³-hybridized carbons (Fsp3) is 0.517. The van der Waals surface area contributed by atoms with Crippen molar-refractivity contribution in [2.45, 2.75) is 85.5 Å². The summed E-state index contributed by atoms with van der Waals surface area (Å²) in [5, 5.41) is 29.9. The lowest BCUT2D eigenvalue weighted by Crippen LogP contribution is -2.26. The highest BCUT2D eigenvalue weighted by Crippen LogP contribution is 2.34. The molecule has 0 aliphatic heterocycles. The van der Waals surface area contributed by atoms with Crippen LogP contribution in [0.3, 0.4) is 0 Å². The molecule has 0 radical (unpaired) electrons. The summed E-state index contributed by atoms with van der Waals surface area (Å²) in [6.07, 6.45) is 8.42. The van der Waals surface area contributed by atoms with Crippen molar-refractivity contribution in [1.29, 1.82) is 0 Å². The van der Waals surface area contributed by atoms with Gasteiger partial charge in [-0.1, -0.05) is 59.8 Å². The molecule has 36 heavy (non-hydrogen) atoms. The first-order chi connectivity index (χ1) is 17.1. The van der Waals surface area contributed by atoms with E-state index in [1.165, 1.54) is 6.42 Å². The first-order valence-corrected chi connectivity index (χ1v) is 12.9. The standard InChI is InChI=1S/C29H40O7/c1-5-6-7-11-21-14-26(32)25(13-12-20(4)10-8-9-19(2)3)27(15-21)36-29(34)28(33)35-24-17-22(30)16-23(31)18-24/h14-20,30-32H,5-13H2,1-4H3/t20-/m1/s1. The number of ether oxygens (including phenoxy) is 2. The smallest absolute Gasteiger partial charge is 0.423 e. The molecule has 0 saturated carbocycles. The van der Waals surface area contributed by atoms with Crippen molar-refractivity contribution in [3.05, 3.63) is 41.5 Å². The number of carbonyl (C=O) groups excluding carboxylic acids is 2. The van der Waals surface area contributed by atoms with Crippen LogP contribution in [-0.4, -0.2) is 27.3 Å². The summed E-state index contributed by atoms with van der Waals surface area (Å²) in [4.78, 5) is 24.9. The minimum atomic E-state index is -1.30. The second-order valence-corrected chi connectivity index (χ2v) is 9.98. The van der Waals surface area contributed by atoms with Crippen LogP contribution in [0.1, 0.15) is 83.8 Å². The Morgan fingerprint density at radius 1 is 0.778 bits per heavy atom. The van der Waals surface area contributed by atoms with E-state index in [1.54, 1.807) is 12.1 Å². The van der Waals surface area contributed by atoms with Crippen molar-refractivity contribution in [2.24, 2.45) is 11.8 Å². The number of benzene rings is 2. The summed E-state index contributed by atoms with van der Waals surface area (Å²) in [6, 6.07) is 6.67. The Balaban J connectivity index is 2.16. The number of phenols is 3. The Kier molecular flexibility index (Phi) is 11.6. The molecule has 0 unspecified atom stereocenters. The molecule has 1 atom stereocenters. The van der Waals surface area contributed by atoms with Gasteiger partial charge in [0, 0.05) is 23.8 Å². The lowest BCUT2D eigenvalue weighted by Gasteiger charge is -2.16. The molecule has 0 aliphatic rings. The molecule has 198 valence electrons. The van der Waals surface area contributed by atoms with E-state index in [2.05, 4.69) is 27.7 Å². The SMILES string of the molecule is CCCCCc1cc(O)c(CC[C@H](C)CCCC(C)C)c(OC(=O)C(=O)Oc2cc(O)cc(O)c2)c1. The Morgan fingerprint density at radius 2 is 1.44 bits per heavy atom. The Morgan fingerprint density at radius 3 is 2.08 bits per heavy atom. The van der Waals surface area contributed by atoms with Crippen molar-refractivity contribution in [2.75, 3.05) is 0 Å². The van der Waals surface area contributed by atoms with Gasteiger partial charge in [0.25, 0.3) is 0 Å². The average molecular weight is 501 g/mol. The second kappa shape index (κ2) is 14.4. The minimum absolute atomic E-state index is 0.0486. The van der Waals surface area contributed by atoms with Gasteiger partial charge in [0.15, 0.2) is 0 Å². The highest BCUT2D eigenvalue weighted by Gasteiger charge is 2.23. The molecule has 7 heteroatoms. The Hall–Kier alpha value is -3.22. The third-order valence-electron chi connectivity index (χ3n) is 6.14. The van der Waals surface area contributed by atoms with Crippen molar-refractivity contribution in [3.8, 4) is 28.7 Å². The fourth-order valence-corrected chi connectivity index (χ4v) is 4.08. The normalized spacial score (nSPS) is 11.9. The molecule has 0 saturated heterocycles. The number of carbonyl (C=O) groups is 2. The summed E-state index contributed by atoms with van der Waals surface area (Å²) in [5.41, 5.74) is 1.31. The topological polar surface area (TPSA) is 113 Å². The maximum absolute atomic E-state index is 12.6. The van der Waals surface area contributed by atoms with Gasteiger partial charge in [0.05, 0.1) is 0 Å². The van der Waals surface area contributed by atoms with Gasteiger partial charge >= 0.3 is 11.9 Å². The predicted molar refractivity (Wildman–Crippen MR) is 139 cm³/mol. The molecule has 2 aromatic carbocycles. The third-order valence-corrected chi connectivity index (χ3v) is 6.14. The quantitative estimate of drug-likeness (QED) is 0.125. The molecule has 0 fully saturated rings. The van der Waals surface area contributed by atoms with Crippen LogP contribution < -0.4 is 9.47 Å². The number of phenolic OH excluding ortho intramolecular Hbond substituents is 3. The zero-order valence-electron chi connectivity index (χ0n) is 21.9. The predicted octanol–water partition coefficient (Wildman–Crippen LogP) is 6.44. The zero-order valence-corrected chi connectivity index (χ0v) is 21.9. The summed E-state index contributed by atoms with van der Waals surface area (Å²) in [5.74, 6) is -2.10. The van der Waals surface area contributed by atoms with Gasteiger partial charge in [-0.15, -0.1) is 0 Å². The minimum Gasteiger partial charge on any atom is -0.508 e. The van der Waals surface area contributed by atoms with Gasteiger partial charge in [-0.3, -0.25) is 0 Å². The molecular formula is C29H40O7. The number of aromatic hydroxyl groups is 3. The van der Waals surface area contributed by atoms with E-state index in [0.717, 1.165) is 62.3 Å². The lowest BCUT2D eigenvalue weighted by molar-refractivity contribution is -0.156. The second-order valence-electron chi connectivity index (χ2n) is 9.98. The molecule has 2 rings (SSSR count). The largest absolute Gasteiger partial charge is 0.508 e. The van der Waals surface area contributed by atoms with Gasteiger partial charge in [-0.25, -0.2) is 9.59 Å². The van der Waals surface area contributed by atoms with E-state index >= 15 is 0 Å². The maximum Gasteiger partial charge on any atom is 0.423 e. The molecule has 3 N–H and O–H groups in total. The molecule has 0 aliphatic carbocycles. The van der Waals surface area contributed by atoms with E-state index in [1.807, 2.05) is 0 Å². The van der Waals surface area contributed by atoms with Gasteiger partial charge in [-0.2, -0.15) is 0 Å². The van der Waals surface area contributed by atoms with Crippen molar-refractivity contribution >= 4 is 11.9 Å². The summed E-state index contributed by atoms with van der Waals surface area (Å²) in [7, 11) is 0. The number of unbranched alkanes of at least 4 members (excludes halogenated alkanes) is 2. The monoisotopic (exact) mass is 500 g/mol. The van der Waals surface area contributed by atoms with Gasteiger partial charge in [0.2, 0.25) is 0 Å². The fourth-order valence-electron chi connectivity index (χ4n) is 4.08. The van der Waals surface area contributed by atoms with Crippen LogP contribution in [-0.2, 0) is 22.4 Å². The molecule has 0 bridgehead atoms. The highest BCUT2D eigenvalue weighted by atomic mass is 16.6. The first-order valence-electron chi connectivity index (χ1n) is 12.9. The molecule has 0 heterocycles. The molecular weight excluding hydrogens is 460 g/mol. The number of rotatable bonds is 13. The molecule has 0 aromatic heterocycles. The molecule has 0 spiro atoms. The average Bonchev–Trinajstić information content (AvgIpc) is 2.77. The van der Waals surface area contributed by atoms with E-state index in [0.29, 0.717) is 30.2 Å². The zero-order chi connectivity index (χ0) is 26.7. The van der Waals surface area contributed by atoms with Crippen molar-refractivity contribution in [3.63, 3.8) is 0 Å². The van der Waals surface area contributed by atoms with E-state index in [9.17, 15) is 24.9 Å². The van der Waals surface area contributed by atoms with Crippen LogP contribution in [0, 0.1) is 11.8 Å².